The molecule has 134 valence electrons. The largest absolute Gasteiger partial charge is 0.355 e. The fourth-order valence-corrected chi connectivity index (χ4v) is 4.19. The maximum Gasteiger partial charge on any atom is 0.223 e. The summed E-state index contributed by atoms with van der Waals surface area (Å²) in [6, 6.07) is 7.26. The van der Waals surface area contributed by atoms with E-state index in [0.717, 1.165) is 37.8 Å². The first-order valence-electron chi connectivity index (χ1n) is 8.86. The van der Waals surface area contributed by atoms with Crippen LogP contribution >= 0.6 is 12.4 Å². The van der Waals surface area contributed by atoms with Gasteiger partial charge in [0.05, 0.1) is 0 Å². The molecule has 1 saturated heterocycles. The van der Waals surface area contributed by atoms with Gasteiger partial charge in [0.15, 0.2) is 0 Å². The Labute approximate surface area is 150 Å². The van der Waals surface area contributed by atoms with Crippen LogP contribution in [0.25, 0.3) is 0 Å². The summed E-state index contributed by atoms with van der Waals surface area (Å²) in [7, 11) is 0. The van der Waals surface area contributed by atoms with Crippen LogP contribution < -0.4 is 10.6 Å². The lowest BCUT2D eigenvalue weighted by atomic mass is 9.78. The van der Waals surface area contributed by atoms with Crippen molar-refractivity contribution >= 4 is 18.3 Å². The maximum atomic E-state index is 13.2. The second-order valence-electron chi connectivity index (χ2n) is 7.29. The second-order valence-corrected chi connectivity index (χ2v) is 7.29. The highest BCUT2D eigenvalue weighted by molar-refractivity contribution is 5.85. The van der Waals surface area contributed by atoms with Crippen LogP contribution in [0.3, 0.4) is 0 Å². The molecule has 0 aromatic heterocycles. The summed E-state index contributed by atoms with van der Waals surface area (Å²) in [5.74, 6) is 0.110. The standard InChI is InChI=1S/C19H27FN2O.ClH/c1-14-12-15(8-11-21-14)18(23)22-13-19(9-2-3-10-19)16-4-6-17(20)7-5-16;/h4-7,14-15,21H,2-3,8-13H2,1H3,(H,22,23);1H/t14-,15-;/m0./s1. The van der Waals surface area contributed by atoms with Crippen LogP contribution in [-0.2, 0) is 10.2 Å². The molecule has 2 fully saturated rings. The Morgan fingerprint density at radius 3 is 2.58 bits per heavy atom. The maximum absolute atomic E-state index is 13.2. The fraction of sp³-hybridized carbons (Fsp3) is 0.632. The molecule has 1 aliphatic carbocycles. The lowest BCUT2D eigenvalue weighted by Crippen LogP contribution is -2.45. The Morgan fingerprint density at radius 2 is 1.96 bits per heavy atom. The van der Waals surface area contributed by atoms with Crippen LogP contribution in [-0.4, -0.2) is 25.0 Å². The number of benzene rings is 1. The third-order valence-electron chi connectivity index (χ3n) is 5.61. The normalized spacial score (nSPS) is 25.8. The number of halogens is 2. The number of amides is 1. The van der Waals surface area contributed by atoms with E-state index in [1.54, 1.807) is 0 Å². The van der Waals surface area contributed by atoms with Crippen molar-refractivity contribution in [3.63, 3.8) is 0 Å². The summed E-state index contributed by atoms with van der Waals surface area (Å²) < 4.78 is 13.2. The van der Waals surface area contributed by atoms with E-state index in [4.69, 9.17) is 0 Å². The van der Waals surface area contributed by atoms with Gasteiger partial charge in [-0.05, 0) is 56.8 Å². The number of carbonyl (C=O) groups excluding carboxylic acids is 1. The first kappa shape index (κ1) is 19.2. The number of piperidine rings is 1. The highest BCUT2D eigenvalue weighted by Gasteiger charge is 2.36. The van der Waals surface area contributed by atoms with E-state index in [1.807, 2.05) is 12.1 Å². The van der Waals surface area contributed by atoms with Crippen LogP contribution in [0.4, 0.5) is 4.39 Å². The predicted molar refractivity (Wildman–Crippen MR) is 97.0 cm³/mol. The minimum absolute atomic E-state index is 0. The third kappa shape index (κ3) is 4.28. The lowest BCUT2D eigenvalue weighted by molar-refractivity contribution is -0.126. The molecule has 2 N–H and O–H groups in total. The van der Waals surface area contributed by atoms with Crippen molar-refractivity contribution in [2.24, 2.45) is 5.92 Å². The van der Waals surface area contributed by atoms with Crippen LogP contribution in [0.15, 0.2) is 24.3 Å². The summed E-state index contributed by atoms with van der Waals surface area (Å²) >= 11 is 0. The molecule has 24 heavy (non-hydrogen) atoms. The summed E-state index contributed by atoms with van der Waals surface area (Å²) in [4.78, 5) is 12.5. The zero-order chi connectivity index (χ0) is 16.3. The molecular weight excluding hydrogens is 327 g/mol. The van der Waals surface area contributed by atoms with Crippen molar-refractivity contribution in [2.45, 2.75) is 56.9 Å². The molecule has 1 aromatic carbocycles. The number of hydrogen-bond acceptors (Lipinski definition) is 2. The van der Waals surface area contributed by atoms with Gasteiger partial charge in [0, 0.05) is 23.9 Å². The van der Waals surface area contributed by atoms with Gasteiger partial charge >= 0.3 is 0 Å². The number of hydrogen-bond donors (Lipinski definition) is 2. The van der Waals surface area contributed by atoms with Gasteiger partial charge in [-0.1, -0.05) is 25.0 Å². The average Bonchev–Trinajstić information content (AvgIpc) is 3.03. The third-order valence-corrected chi connectivity index (χ3v) is 5.61. The Balaban J connectivity index is 0.00000208. The number of rotatable bonds is 4. The molecule has 5 heteroatoms. The highest BCUT2D eigenvalue weighted by atomic mass is 35.5. The molecule has 0 radical (unpaired) electrons. The van der Waals surface area contributed by atoms with Gasteiger partial charge in [0.25, 0.3) is 0 Å². The molecule has 1 heterocycles. The summed E-state index contributed by atoms with van der Waals surface area (Å²) in [5.41, 5.74) is 1.15. The molecule has 0 bridgehead atoms. The zero-order valence-corrected chi connectivity index (χ0v) is 15.1. The highest BCUT2D eigenvalue weighted by Crippen LogP contribution is 2.40. The summed E-state index contributed by atoms with van der Waals surface area (Å²) in [5, 5.41) is 6.60. The van der Waals surface area contributed by atoms with Gasteiger partial charge in [-0.15, -0.1) is 12.4 Å². The van der Waals surface area contributed by atoms with Gasteiger partial charge in [0.1, 0.15) is 5.82 Å². The van der Waals surface area contributed by atoms with E-state index in [9.17, 15) is 9.18 Å². The van der Waals surface area contributed by atoms with Crippen molar-refractivity contribution in [3.05, 3.63) is 35.6 Å². The Morgan fingerprint density at radius 1 is 1.29 bits per heavy atom. The van der Waals surface area contributed by atoms with Crippen molar-refractivity contribution in [1.82, 2.24) is 10.6 Å². The molecule has 0 spiro atoms. The van der Waals surface area contributed by atoms with Crippen molar-refractivity contribution < 1.29 is 9.18 Å². The summed E-state index contributed by atoms with van der Waals surface area (Å²) in [6.45, 7) is 3.73. The predicted octanol–water partition coefficient (Wildman–Crippen LogP) is 3.56. The van der Waals surface area contributed by atoms with Crippen LogP contribution in [0.1, 0.15) is 51.0 Å². The Bertz CT molecular complexity index is 543. The SMILES string of the molecule is C[C@H]1C[C@@H](C(=O)NCC2(c3ccc(F)cc3)CCCC2)CCN1.Cl. The Hall–Kier alpha value is -1.13. The quantitative estimate of drug-likeness (QED) is 0.868. The monoisotopic (exact) mass is 354 g/mol. The molecule has 1 saturated carbocycles. The van der Waals surface area contributed by atoms with Crippen molar-refractivity contribution in [1.29, 1.82) is 0 Å². The minimum Gasteiger partial charge on any atom is -0.355 e. The van der Waals surface area contributed by atoms with Crippen LogP contribution in [0.2, 0.25) is 0 Å². The minimum atomic E-state index is -0.199. The molecule has 1 aliphatic heterocycles. The van der Waals surface area contributed by atoms with Crippen LogP contribution in [0.5, 0.6) is 0 Å². The van der Waals surface area contributed by atoms with Gasteiger partial charge < -0.3 is 10.6 Å². The first-order valence-corrected chi connectivity index (χ1v) is 8.86. The first-order chi connectivity index (χ1) is 11.1. The molecule has 0 unspecified atom stereocenters. The van der Waals surface area contributed by atoms with Gasteiger partial charge in [-0.25, -0.2) is 4.39 Å². The van der Waals surface area contributed by atoms with Gasteiger partial charge in [0.2, 0.25) is 5.91 Å². The molecule has 1 amide bonds. The van der Waals surface area contributed by atoms with E-state index < -0.39 is 0 Å². The van der Waals surface area contributed by atoms with Gasteiger partial charge in [-0.2, -0.15) is 0 Å². The van der Waals surface area contributed by atoms with Crippen molar-refractivity contribution in [3.8, 4) is 0 Å². The van der Waals surface area contributed by atoms with E-state index >= 15 is 0 Å². The zero-order valence-electron chi connectivity index (χ0n) is 14.3. The average molecular weight is 355 g/mol. The molecule has 1 aromatic rings. The summed E-state index contributed by atoms with van der Waals surface area (Å²) in [6.07, 6.45) is 6.33. The van der Waals surface area contributed by atoms with E-state index in [0.29, 0.717) is 12.6 Å². The molecule has 3 nitrogen and oxygen atoms in total. The number of carbonyl (C=O) groups is 1. The molecule has 2 atom stereocenters. The molecule has 2 aliphatic rings. The lowest BCUT2D eigenvalue weighted by Gasteiger charge is -2.32. The Kier molecular flexibility index (Phi) is 6.64. The van der Waals surface area contributed by atoms with E-state index in [2.05, 4.69) is 17.6 Å². The fourth-order valence-electron chi connectivity index (χ4n) is 4.19. The van der Waals surface area contributed by atoms with E-state index in [-0.39, 0.29) is 35.5 Å². The van der Waals surface area contributed by atoms with Gasteiger partial charge in [-0.3, -0.25) is 4.79 Å². The van der Waals surface area contributed by atoms with Crippen molar-refractivity contribution in [2.75, 3.05) is 13.1 Å². The van der Waals surface area contributed by atoms with Crippen LogP contribution in [0, 0.1) is 11.7 Å². The topological polar surface area (TPSA) is 41.1 Å². The number of nitrogens with one attached hydrogen (secondary N) is 2. The molecule has 3 rings (SSSR count). The van der Waals surface area contributed by atoms with E-state index in [1.165, 1.54) is 25.0 Å². The molecular formula is C19H28ClFN2O. The smallest absolute Gasteiger partial charge is 0.223 e. The second kappa shape index (κ2) is 8.30.